The van der Waals surface area contributed by atoms with Crippen LogP contribution in [0, 0.1) is 5.41 Å². The molecule has 3 fully saturated rings. The lowest BCUT2D eigenvalue weighted by molar-refractivity contribution is -0.192. The Morgan fingerprint density at radius 2 is 1.67 bits per heavy atom. The van der Waals surface area contributed by atoms with E-state index in [0.717, 1.165) is 66.8 Å². The van der Waals surface area contributed by atoms with E-state index in [-0.39, 0.29) is 11.3 Å². The molecule has 4 heterocycles. The number of carboxylic acids is 1. The van der Waals surface area contributed by atoms with Gasteiger partial charge in [-0.25, -0.2) is 4.79 Å². The van der Waals surface area contributed by atoms with E-state index in [0.29, 0.717) is 0 Å². The summed E-state index contributed by atoms with van der Waals surface area (Å²) in [6.45, 7) is 6.16. The van der Waals surface area contributed by atoms with E-state index in [9.17, 15) is 18.0 Å². The van der Waals surface area contributed by atoms with Crippen molar-refractivity contribution >= 4 is 41.0 Å². The second kappa shape index (κ2) is 13.1. The van der Waals surface area contributed by atoms with E-state index < -0.39 is 12.1 Å². The lowest BCUT2D eigenvalue weighted by atomic mass is 9.74. The van der Waals surface area contributed by atoms with Gasteiger partial charge in [-0.15, -0.1) is 0 Å². The van der Waals surface area contributed by atoms with E-state index in [2.05, 4.69) is 86.4 Å². The first-order chi connectivity index (χ1) is 20.6. The Kier molecular flexibility index (Phi) is 9.31. The van der Waals surface area contributed by atoms with Crippen LogP contribution in [-0.2, 0) is 16.1 Å². The van der Waals surface area contributed by atoms with Gasteiger partial charge in [0.25, 0.3) is 0 Å². The molecule has 0 bridgehead atoms. The number of nitrogens with one attached hydrogen (secondary N) is 3. The largest absolute Gasteiger partial charge is 0.490 e. The molecule has 6 rings (SSSR count). The lowest BCUT2D eigenvalue weighted by Gasteiger charge is -2.33. The number of nitrogens with zero attached hydrogens (tertiary/aromatic N) is 2. The molecule has 4 N–H and O–H groups in total. The number of likely N-dealkylation sites (tertiary alicyclic amines) is 1. The molecule has 0 unspecified atom stereocenters. The van der Waals surface area contributed by atoms with Gasteiger partial charge in [0.2, 0.25) is 5.91 Å². The number of alkyl halides is 3. The normalized spacial score (nSPS) is 20.0. The zero-order valence-electron chi connectivity index (χ0n) is 23.8. The van der Waals surface area contributed by atoms with Crippen LogP contribution in [-0.4, -0.2) is 71.0 Å². The zero-order valence-corrected chi connectivity index (χ0v) is 23.8. The Morgan fingerprint density at radius 3 is 2.35 bits per heavy atom. The van der Waals surface area contributed by atoms with Crippen molar-refractivity contribution in [1.29, 1.82) is 0 Å². The Labute approximate surface area is 248 Å². The van der Waals surface area contributed by atoms with Gasteiger partial charge in [0, 0.05) is 29.5 Å². The van der Waals surface area contributed by atoms with Crippen LogP contribution in [0.5, 0.6) is 0 Å². The summed E-state index contributed by atoms with van der Waals surface area (Å²) in [6.07, 6.45) is 7.21. The van der Waals surface area contributed by atoms with Crippen LogP contribution < -0.4 is 10.6 Å². The standard InChI is InChI=1S/C30H35N5O.C2HF3O2/c36-29-26(30(21-32-29)12-14-31-15-13-30)18-24-8-10-25-27(33-34-28(25)19-24)11-9-22-4-6-23(7-5-22)20-35-16-2-1-3-17-35;3-2(4,5)1(6)7/h4-11,18-19,31H,1-3,12-17,20-21H2,(H,32,36)(H,33,34);(H,6,7)/b11-9+,26-18-;. The molecule has 1 spiro atoms. The van der Waals surface area contributed by atoms with Gasteiger partial charge in [-0.05, 0) is 92.8 Å². The van der Waals surface area contributed by atoms with Crippen LogP contribution in [0.25, 0.3) is 29.1 Å². The first-order valence-corrected chi connectivity index (χ1v) is 14.6. The minimum absolute atomic E-state index is 0.0392. The number of fused-ring (bicyclic) bond motifs is 1. The second-order valence-corrected chi connectivity index (χ2v) is 11.4. The van der Waals surface area contributed by atoms with Crippen molar-refractivity contribution in [2.75, 3.05) is 32.7 Å². The van der Waals surface area contributed by atoms with E-state index in [1.165, 1.54) is 43.5 Å². The highest BCUT2D eigenvalue weighted by Crippen LogP contribution is 2.41. The van der Waals surface area contributed by atoms with Crippen LogP contribution in [0.4, 0.5) is 13.2 Å². The summed E-state index contributed by atoms with van der Waals surface area (Å²) in [4.78, 5) is 24.1. The fourth-order valence-corrected chi connectivity index (χ4v) is 5.98. The number of benzene rings is 2. The minimum atomic E-state index is -5.08. The summed E-state index contributed by atoms with van der Waals surface area (Å²) >= 11 is 0. The van der Waals surface area contributed by atoms with Crippen molar-refractivity contribution in [3.05, 3.63) is 70.4 Å². The number of carbonyl (C=O) groups is 2. The molecule has 0 atom stereocenters. The van der Waals surface area contributed by atoms with Gasteiger partial charge in [0.1, 0.15) is 0 Å². The van der Waals surface area contributed by atoms with Gasteiger partial charge < -0.3 is 15.7 Å². The van der Waals surface area contributed by atoms with Gasteiger partial charge in [-0.3, -0.25) is 14.8 Å². The lowest BCUT2D eigenvalue weighted by Crippen LogP contribution is -2.38. The minimum Gasteiger partial charge on any atom is -0.475 e. The number of H-pyrrole nitrogens is 1. The Bertz CT molecular complexity index is 1500. The Balaban J connectivity index is 0.000000472. The number of rotatable bonds is 5. The SMILES string of the molecule is O=C(O)C(F)(F)F.O=C1NCC2(CCNCC2)/C1=C\c1ccc2c(/C=C/c3ccc(CN4CCCCC4)cc3)n[nH]c2c1. The number of amides is 1. The van der Waals surface area contributed by atoms with E-state index >= 15 is 0 Å². The topological polar surface area (TPSA) is 110 Å². The van der Waals surface area contributed by atoms with Crippen LogP contribution in [0.2, 0.25) is 0 Å². The van der Waals surface area contributed by atoms with Gasteiger partial charge in [-0.2, -0.15) is 18.3 Å². The van der Waals surface area contributed by atoms with Crippen molar-refractivity contribution in [3.8, 4) is 0 Å². The number of aromatic nitrogens is 2. The molecule has 0 radical (unpaired) electrons. The molecule has 2 aromatic carbocycles. The van der Waals surface area contributed by atoms with Crippen molar-refractivity contribution in [2.24, 2.45) is 5.41 Å². The van der Waals surface area contributed by atoms with Crippen molar-refractivity contribution in [2.45, 2.75) is 44.8 Å². The summed E-state index contributed by atoms with van der Waals surface area (Å²) in [5, 5.41) is 22.4. The zero-order chi connectivity index (χ0) is 30.5. The molecule has 3 aliphatic rings. The summed E-state index contributed by atoms with van der Waals surface area (Å²) in [7, 11) is 0. The Hall–Kier alpha value is -3.96. The molecule has 228 valence electrons. The third-order valence-electron chi connectivity index (χ3n) is 8.40. The Morgan fingerprint density at radius 1 is 1.00 bits per heavy atom. The van der Waals surface area contributed by atoms with E-state index in [1.807, 2.05) is 0 Å². The van der Waals surface area contributed by atoms with Crippen LogP contribution in [0.1, 0.15) is 54.5 Å². The van der Waals surface area contributed by atoms with Crippen molar-refractivity contribution < 1.29 is 27.9 Å². The van der Waals surface area contributed by atoms with Crippen molar-refractivity contribution in [1.82, 2.24) is 25.7 Å². The summed E-state index contributed by atoms with van der Waals surface area (Å²) in [6, 6.07) is 15.2. The van der Waals surface area contributed by atoms with Crippen LogP contribution in [0.15, 0.2) is 48.0 Å². The fraction of sp³-hybridized carbons (Fsp3) is 0.406. The number of aliphatic carboxylic acids is 1. The number of aromatic amines is 1. The molecular formula is C32H36F3N5O3. The first-order valence-electron chi connectivity index (χ1n) is 14.6. The van der Waals surface area contributed by atoms with Gasteiger partial charge in [0.05, 0.1) is 11.2 Å². The average molecular weight is 596 g/mol. The summed E-state index contributed by atoms with van der Waals surface area (Å²) in [5.74, 6) is -2.68. The number of hydrogen-bond donors (Lipinski definition) is 4. The number of piperidine rings is 2. The van der Waals surface area contributed by atoms with E-state index in [4.69, 9.17) is 9.90 Å². The maximum absolute atomic E-state index is 12.6. The smallest absolute Gasteiger partial charge is 0.475 e. The number of carbonyl (C=O) groups excluding carboxylic acids is 1. The quantitative estimate of drug-likeness (QED) is 0.301. The molecule has 3 aromatic rings. The molecule has 8 nitrogen and oxygen atoms in total. The molecule has 1 aromatic heterocycles. The molecular weight excluding hydrogens is 559 g/mol. The molecule has 11 heteroatoms. The maximum atomic E-state index is 12.6. The molecule has 3 aliphatic heterocycles. The maximum Gasteiger partial charge on any atom is 0.490 e. The molecule has 3 saturated heterocycles. The molecule has 0 aliphatic carbocycles. The summed E-state index contributed by atoms with van der Waals surface area (Å²) in [5.41, 5.74) is 6.39. The molecule has 0 saturated carbocycles. The predicted molar refractivity (Wildman–Crippen MR) is 160 cm³/mol. The number of halogens is 3. The van der Waals surface area contributed by atoms with Gasteiger partial charge in [-0.1, -0.05) is 42.8 Å². The molecule has 1 amide bonds. The van der Waals surface area contributed by atoms with Gasteiger partial charge >= 0.3 is 12.1 Å². The second-order valence-electron chi connectivity index (χ2n) is 11.4. The predicted octanol–water partition coefficient (Wildman–Crippen LogP) is 5.24. The highest BCUT2D eigenvalue weighted by molar-refractivity contribution is 6.02. The summed E-state index contributed by atoms with van der Waals surface area (Å²) < 4.78 is 31.7. The fourth-order valence-electron chi connectivity index (χ4n) is 5.98. The van der Waals surface area contributed by atoms with Crippen LogP contribution in [0.3, 0.4) is 0 Å². The van der Waals surface area contributed by atoms with Gasteiger partial charge in [0.15, 0.2) is 0 Å². The monoisotopic (exact) mass is 595 g/mol. The van der Waals surface area contributed by atoms with Crippen molar-refractivity contribution in [3.63, 3.8) is 0 Å². The third-order valence-corrected chi connectivity index (χ3v) is 8.40. The highest BCUT2D eigenvalue weighted by atomic mass is 19.4. The highest BCUT2D eigenvalue weighted by Gasteiger charge is 2.44. The number of carboxylic acid groups (broad SMARTS) is 1. The third kappa shape index (κ3) is 7.52. The number of hydrogen-bond acceptors (Lipinski definition) is 5. The molecule has 43 heavy (non-hydrogen) atoms. The van der Waals surface area contributed by atoms with Crippen LogP contribution >= 0.6 is 0 Å². The first kappa shape index (κ1) is 30.5. The average Bonchev–Trinajstić information content (AvgIpc) is 3.53. The van der Waals surface area contributed by atoms with E-state index in [1.54, 1.807) is 0 Å².